The van der Waals surface area contributed by atoms with Gasteiger partial charge in [-0.15, -0.1) is 11.3 Å². The number of benzene rings is 1. The minimum absolute atomic E-state index is 0.0449. The third-order valence-corrected chi connectivity index (χ3v) is 7.13. The van der Waals surface area contributed by atoms with Crippen molar-refractivity contribution >= 4 is 38.9 Å². The van der Waals surface area contributed by atoms with Gasteiger partial charge in [-0.1, -0.05) is 6.07 Å². The molecule has 1 aromatic carbocycles. The molecule has 2 amide bonds. The second-order valence-corrected chi connectivity index (χ2v) is 9.85. The fourth-order valence-electron chi connectivity index (χ4n) is 2.66. The van der Waals surface area contributed by atoms with Crippen LogP contribution in [0.25, 0.3) is 0 Å². The Labute approximate surface area is 169 Å². The smallest absolute Gasteiger partial charge is 0.242 e. The summed E-state index contributed by atoms with van der Waals surface area (Å²) in [6.45, 7) is 5.02. The van der Waals surface area contributed by atoms with E-state index in [9.17, 15) is 18.0 Å². The molecule has 28 heavy (non-hydrogen) atoms. The number of hydrogen-bond acceptors (Lipinski definition) is 5. The van der Waals surface area contributed by atoms with E-state index in [1.165, 1.54) is 38.4 Å². The van der Waals surface area contributed by atoms with Crippen molar-refractivity contribution < 1.29 is 18.0 Å². The molecule has 2 N–H and O–H groups in total. The molecule has 0 saturated heterocycles. The Morgan fingerprint density at radius 3 is 2.43 bits per heavy atom. The zero-order valence-electron chi connectivity index (χ0n) is 16.6. The summed E-state index contributed by atoms with van der Waals surface area (Å²) in [5.41, 5.74) is 1.99. The van der Waals surface area contributed by atoms with Gasteiger partial charge in [0.15, 0.2) is 0 Å². The van der Waals surface area contributed by atoms with Crippen LogP contribution in [0.3, 0.4) is 0 Å². The van der Waals surface area contributed by atoms with Crippen molar-refractivity contribution in [2.75, 3.05) is 19.4 Å². The second-order valence-electron chi connectivity index (χ2n) is 6.72. The summed E-state index contributed by atoms with van der Waals surface area (Å²) in [5.74, 6) is -0.536. The second kappa shape index (κ2) is 8.85. The number of carbonyl (C=O) groups is 2. The van der Waals surface area contributed by atoms with Crippen molar-refractivity contribution in [3.05, 3.63) is 45.6 Å². The lowest BCUT2D eigenvalue weighted by atomic mass is 10.1. The molecule has 1 heterocycles. The average Bonchev–Trinajstić information content (AvgIpc) is 3.12. The number of carbonyl (C=O) groups excluding carboxylic acids is 2. The number of amides is 2. The molecular formula is C19H25N3O4S2. The zero-order chi connectivity index (χ0) is 21.1. The largest absolute Gasteiger partial charge is 0.348 e. The maximum atomic E-state index is 12.6. The number of thiophene rings is 1. The Kier molecular flexibility index (Phi) is 6.97. The number of anilines is 1. The number of sulfonamides is 1. The lowest BCUT2D eigenvalue weighted by Gasteiger charge is -2.19. The lowest BCUT2D eigenvalue weighted by molar-refractivity contribution is -0.120. The van der Waals surface area contributed by atoms with Crippen molar-refractivity contribution in [2.24, 2.45) is 0 Å². The number of hydrogen-bond donors (Lipinski definition) is 2. The molecule has 0 fully saturated rings. The van der Waals surface area contributed by atoms with Crippen LogP contribution >= 0.6 is 11.3 Å². The summed E-state index contributed by atoms with van der Waals surface area (Å²) in [6.07, 6.45) is 0.0449. The van der Waals surface area contributed by atoms with Gasteiger partial charge in [0.05, 0.1) is 17.4 Å². The average molecular weight is 424 g/mol. The molecule has 9 heteroatoms. The van der Waals surface area contributed by atoms with Crippen LogP contribution < -0.4 is 10.6 Å². The molecule has 152 valence electrons. The topological polar surface area (TPSA) is 95.6 Å². The molecule has 0 aliphatic heterocycles. The van der Waals surface area contributed by atoms with E-state index in [-0.39, 0.29) is 23.1 Å². The molecule has 1 unspecified atom stereocenters. The number of nitrogens with one attached hydrogen (secondary N) is 2. The normalized spacial score (nSPS) is 12.6. The molecule has 0 aliphatic rings. The highest BCUT2D eigenvalue weighted by atomic mass is 32.2. The molecule has 1 aromatic heterocycles. The van der Waals surface area contributed by atoms with Gasteiger partial charge in [-0.05, 0) is 48.6 Å². The highest BCUT2D eigenvalue weighted by Gasteiger charge is 2.22. The molecule has 7 nitrogen and oxygen atoms in total. The maximum absolute atomic E-state index is 12.6. The third kappa shape index (κ3) is 5.18. The van der Waals surface area contributed by atoms with Gasteiger partial charge >= 0.3 is 0 Å². The minimum Gasteiger partial charge on any atom is -0.348 e. The molecule has 0 spiro atoms. The first-order valence-corrected chi connectivity index (χ1v) is 11.0. The van der Waals surface area contributed by atoms with Crippen LogP contribution in [-0.4, -0.2) is 38.6 Å². The van der Waals surface area contributed by atoms with Crippen LogP contribution in [0.5, 0.6) is 0 Å². The van der Waals surface area contributed by atoms with Crippen molar-refractivity contribution in [1.82, 2.24) is 9.62 Å². The summed E-state index contributed by atoms with van der Waals surface area (Å²) in [7, 11) is -0.702. The monoisotopic (exact) mass is 423 g/mol. The fourth-order valence-corrected chi connectivity index (χ4v) is 4.45. The first-order valence-electron chi connectivity index (χ1n) is 8.66. The van der Waals surface area contributed by atoms with Crippen molar-refractivity contribution in [3.63, 3.8) is 0 Å². The predicted octanol–water partition coefficient (Wildman–Crippen LogP) is 2.82. The van der Waals surface area contributed by atoms with Crippen LogP contribution in [0.1, 0.15) is 35.4 Å². The van der Waals surface area contributed by atoms with Crippen LogP contribution in [0.4, 0.5) is 5.69 Å². The van der Waals surface area contributed by atoms with Gasteiger partial charge in [0.2, 0.25) is 21.8 Å². The van der Waals surface area contributed by atoms with Crippen molar-refractivity contribution in [2.45, 2.75) is 38.1 Å². The van der Waals surface area contributed by atoms with Crippen LogP contribution in [0.2, 0.25) is 0 Å². The standard InChI is InChI=1S/C19H25N3O4S2/c1-12-9-15(28(25,26)22(4)5)10-16(13(12)2)21-19(24)11-17(20-14(3)23)18-7-6-8-27-18/h6-10,17H,11H2,1-5H3,(H,20,23)(H,21,24). The number of nitrogens with zero attached hydrogens (tertiary/aromatic N) is 1. The Bertz CT molecular complexity index is 967. The van der Waals surface area contributed by atoms with Crippen LogP contribution in [0.15, 0.2) is 34.5 Å². The molecule has 2 aromatic rings. The Hall–Kier alpha value is -2.23. The van der Waals surface area contributed by atoms with Gasteiger partial charge in [-0.2, -0.15) is 0 Å². The molecule has 0 aliphatic carbocycles. The van der Waals surface area contributed by atoms with Gasteiger partial charge in [0, 0.05) is 31.6 Å². The maximum Gasteiger partial charge on any atom is 0.242 e. The van der Waals surface area contributed by atoms with E-state index >= 15 is 0 Å². The van der Waals surface area contributed by atoms with E-state index in [4.69, 9.17) is 0 Å². The van der Waals surface area contributed by atoms with E-state index in [1.807, 2.05) is 24.4 Å². The van der Waals surface area contributed by atoms with Gasteiger partial charge in [-0.3, -0.25) is 9.59 Å². The van der Waals surface area contributed by atoms with Gasteiger partial charge < -0.3 is 10.6 Å². The van der Waals surface area contributed by atoms with E-state index in [0.29, 0.717) is 5.69 Å². The Morgan fingerprint density at radius 1 is 1.21 bits per heavy atom. The highest BCUT2D eigenvalue weighted by molar-refractivity contribution is 7.89. The summed E-state index contributed by atoms with van der Waals surface area (Å²) in [6, 6.07) is 6.33. The Balaban J connectivity index is 2.27. The molecule has 1 atom stereocenters. The minimum atomic E-state index is -3.62. The number of aryl methyl sites for hydroxylation is 1. The zero-order valence-corrected chi connectivity index (χ0v) is 18.2. The molecule has 0 saturated carbocycles. The van der Waals surface area contributed by atoms with Crippen LogP contribution in [0, 0.1) is 13.8 Å². The summed E-state index contributed by atoms with van der Waals surface area (Å²) >= 11 is 1.46. The van der Waals surface area contributed by atoms with E-state index in [0.717, 1.165) is 20.3 Å². The third-order valence-electron chi connectivity index (χ3n) is 4.35. The van der Waals surface area contributed by atoms with Gasteiger partial charge in [0.1, 0.15) is 0 Å². The predicted molar refractivity (Wildman–Crippen MR) is 111 cm³/mol. The molecular weight excluding hydrogens is 398 g/mol. The summed E-state index contributed by atoms with van der Waals surface area (Å²) < 4.78 is 26.0. The van der Waals surface area contributed by atoms with Gasteiger partial charge in [-0.25, -0.2) is 12.7 Å². The van der Waals surface area contributed by atoms with Crippen molar-refractivity contribution in [3.8, 4) is 0 Å². The molecule has 0 radical (unpaired) electrons. The van der Waals surface area contributed by atoms with E-state index < -0.39 is 16.1 Å². The van der Waals surface area contributed by atoms with Crippen LogP contribution in [-0.2, 0) is 19.6 Å². The summed E-state index contributed by atoms with van der Waals surface area (Å²) in [5, 5.41) is 7.46. The quantitative estimate of drug-likeness (QED) is 0.716. The van der Waals surface area contributed by atoms with E-state index in [2.05, 4.69) is 10.6 Å². The van der Waals surface area contributed by atoms with Gasteiger partial charge in [0.25, 0.3) is 0 Å². The summed E-state index contributed by atoms with van der Waals surface area (Å²) in [4.78, 5) is 25.1. The first kappa shape index (κ1) is 22.1. The molecule has 2 rings (SSSR count). The molecule has 0 bridgehead atoms. The SMILES string of the molecule is CC(=O)NC(CC(=O)Nc1cc(S(=O)(=O)N(C)C)cc(C)c1C)c1cccs1. The van der Waals surface area contributed by atoms with E-state index in [1.54, 1.807) is 13.0 Å². The van der Waals surface area contributed by atoms with Crippen molar-refractivity contribution in [1.29, 1.82) is 0 Å². The number of rotatable bonds is 7. The first-order chi connectivity index (χ1) is 13.0. The lowest BCUT2D eigenvalue weighted by Crippen LogP contribution is -2.29. The Morgan fingerprint density at radius 2 is 1.89 bits per heavy atom. The highest BCUT2D eigenvalue weighted by Crippen LogP contribution is 2.27. The fraction of sp³-hybridized carbons (Fsp3) is 0.368.